The van der Waals surface area contributed by atoms with E-state index in [9.17, 15) is 43.2 Å². The number of nitrogens with one attached hydrogen (secondary N) is 13. The number of aromatic amines is 1. The van der Waals surface area contributed by atoms with Gasteiger partial charge in [-0.05, 0) is 87.9 Å². The van der Waals surface area contributed by atoms with Crippen molar-refractivity contribution in [1.29, 1.82) is 10.8 Å². The molecule has 1 aliphatic rings. The van der Waals surface area contributed by atoms with Gasteiger partial charge in [-0.15, -0.1) is 0 Å². The van der Waals surface area contributed by atoms with Crippen molar-refractivity contribution in [3.63, 3.8) is 0 Å². The normalized spacial score (nSPS) is 21.0. The molecule has 26 heteroatoms. The van der Waals surface area contributed by atoms with Gasteiger partial charge in [0.1, 0.15) is 42.3 Å². The largest absolute Gasteiger partial charge is 0.370 e. The van der Waals surface area contributed by atoms with Crippen LogP contribution in [0.15, 0.2) is 60.8 Å². The van der Waals surface area contributed by atoms with Crippen molar-refractivity contribution in [1.82, 2.24) is 58.2 Å². The summed E-state index contributed by atoms with van der Waals surface area (Å²) in [4.78, 5) is 128. The number of unbranched alkanes of at least 4 members (excludes halogenated alkanes) is 1. The summed E-state index contributed by atoms with van der Waals surface area (Å²) in [5.41, 5.74) is 24.5. The van der Waals surface area contributed by atoms with Crippen molar-refractivity contribution >= 4 is 76.0 Å². The van der Waals surface area contributed by atoms with Gasteiger partial charge in [0.15, 0.2) is 11.9 Å². The van der Waals surface area contributed by atoms with Crippen molar-refractivity contribution in [2.45, 2.75) is 133 Å². The summed E-state index contributed by atoms with van der Waals surface area (Å²) in [6, 6.07) is 6.51. The molecular weight excluding hydrogens is 983 g/mol. The zero-order chi connectivity index (χ0) is 55.6. The molecule has 76 heavy (non-hydrogen) atoms. The quantitative estimate of drug-likeness (QED) is 0.0309. The molecule has 1 aromatic heterocycles. The number of nitrogens with two attached hydrogens (primary N) is 4. The van der Waals surface area contributed by atoms with Crippen molar-refractivity contribution < 1.29 is 43.2 Å². The Kier molecular flexibility index (Phi) is 24.9. The third kappa shape index (κ3) is 20.9. The van der Waals surface area contributed by atoms with Crippen LogP contribution in [0.3, 0.4) is 0 Å². The number of amides is 9. The monoisotopic (exact) mass is 1060 g/mol. The van der Waals surface area contributed by atoms with Crippen LogP contribution in [0.1, 0.15) is 88.7 Å². The summed E-state index contributed by atoms with van der Waals surface area (Å²) >= 11 is 0. The standard InChI is InChI=1S/C50H75N17O9/c1-29(68)61-35(19-11-23-58-49(53)54)43(71)67-40-27-41(69)57-22-10-8-17-34(42(52)70)62-47(75)39(26-31-28-60-33-16-6-5-15-32(31)33)66-45(73)37(20-12-24-59-50(55)56)64-46(74)38(25-30-13-3-2-4-14-30)65-44(72)36(63-48(40)76)18-7-9-21-51/h2-6,13-16,28,34-40,60H,7-12,17-27,51H2,1H3,(H2,52,70)(H,57,69)(H,61,68)(H,62,75)(H,63,76)(H,64,74)(H,65,72)(H,66,73)(H,67,71)(H4,53,54,58)(H4,55,56,59)/t34-,35-,36-,37-,38+,39-,40-/m0/s1. The molecule has 4 rings (SSSR count). The highest BCUT2D eigenvalue weighted by molar-refractivity contribution is 5.99. The van der Waals surface area contributed by atoms with Crippen molar-refractivity contribution in [3.05, 3.63) is 71.9 Å². The lowest BCUT2D eigenvalue weighted by Gasteiger charge is -2.28. The third-order valence-corrected chi connectivity index (χ3v) is 12.4. The van der Waals surface area contributed by atoms with Gasteiger partial charge in [-0.1, -0.05) is 48.5 Å². The van der Waals surface area contributed by atoms with Crippen LogP contribution in [0.25, 0.3) is 10.9 Å². The summed E-state index contributed by atoms with van der Waals surface area (Å²) in [6.45, 7) is 1.76. The topological polar surface area (TPSA) is 441 Å². The Balaban J connectivity index is 1.77. The maximum atomic E-state index is 14.7. The lowest BCUT2D eigenvalue weighted by atomic mass is 10.0. The zero-order valence-corrected chi connectivity index (χ0v) is 42.8. The average molecular weight is 1060 g/mol. The SMILES string of the molecule is CC(=O)N[C@@H](CCCNC(=N)N)C(=O)N[C@H]1CC(=O)NCCCC[C@@H](C(N)=O)NC(=O)[C@H](Cc2c[nH]c3ccccc23)NC(=O)[C@H](CCCNC(=N)N)NC(=O)[C@@H](Cc2ccccc2)NC(=O)[C@H](CCCCN)NC1=O. The fraction of sp³-hybridized carbons (Fsp3) is 0.500. The highest BCUT2D eigenvalue weighted by atomic mass is 16.2. The van der Waals surface area contributed by atoms with E-state index in [1.165, 1.54) is 6.92 Å². The maximum absolute atomic E-state index is 14.7. The van der Waals surface area contributed by atoms with E-state index >= 15 is 0 Å². The van der Waals surface area contributed by atoms with Crippen molar-refractivity contribution in [3.8, 4) is 0 Å². The molecule has 1 saturated heterocycles. The first-order valence-corrected chi connectivity index (χ1v) is 25.4. The molecule has 3 aromatic rings. The number of rotatable bonds is 20. The Labute approximate surface area is 440 Å². The molecule has 0 bridgehead atoms. The van der Waals surface area contributed by atoms with Gasteiger partial charge in [-0.2, -0.15) is 0 Å². The fourth-order valence-electron chi connectivity index (χ4n) is 8.48. The molecule has 414 valence electrons. The second-order valence-corrected chi connectivity index (χ2v) is 18.6. The Morgan fingerprint density at radius 3 is 1.91 bits per heavy atom. The van der Waals surface area contributed by atoms with Crippen molar-refractivity contribution in [2.24, 2.45) is 22.9 Å². The van der Waals surface area contributed by atoms with E-state index in [2.05, 4.69) is 58.2 Å². The number of hydrogen-bond acceptors (Lipinski definition) is 12. The molecule has 0 unspecified atom stereocenters. The predicted octanol–water partition coefficient (Wildman–Crippen LogP) is -2.80. The first-order chi connectivity index (χ1) is 36.3. The first-order valence-electron chi connectivity index (χ1n) is 25.4. The molecule has 0 radical (unpaired) electrons. The lowest BCUT2D eigenvalue weighted by molar-refractivity contribution is -0.136. The Morgan fingerprint density at radius 2 is 1.26 bits per heavy atom. The summed E-state index contributed by atoms with van der Waals surface area (Å²) in [6.07, 6.45) is 2.60. The maximum Gasteiger partial charge on any atom is 0.243 e. The second kappa shape index (κ2) is 31.4. The molecule has 1 aliphatic heterocycles. The number of carbonyl (C=O) groups is 9. The minimum absolute atomic E-state index is 0.000658. The minimum atomic E-state index is -1.61. The van der Waals surface area contributed by atoms with Crippen LogP contribution < -0.4 is 76.1 Å². The van der Waals surface area contributed by atoms with Gasteiger partial charge in [0.2, 0.25) is 53.2 Å². The van der Waals surface area contributed by atoms with E-state index in [4.69, 9.17) is 33.8 Å². The molecule has 2 aromatic carbocycles. The van der Waals surface area contributed by atoms with Gasteiger partial charge in [0.05, 0.1) is 6.42 Å². The molecule has 1 fully saturated rings. The number of para-hydroxylation sites is 1. The van der Waals surface area contributed by atoms with Crippen LogP contribution in [-0.4, -0.2) is 139 Å². The third-order valence-electron chi connectivity index (χ3n) is 12.4. The second-order valence-electron chi connectivity index (χ2n) is 18.6. The van der Waals surface area contributed by atoms with E-state index in [1.54, 1.807) is 36.5 Å². The minimum Gasteiger partial charge on any atom is -0.370 e. The van der Waals surface area contributed by atoms with Crippen LogP contribution >= 0.6 is 0 Å². The Bertz CT molecular complexity index is 2490. The van der Waals surface area contributed by atoms with E-state index in [1.807, 2.05) is 24.3 Å². The van der Waals surface area contributed by atoms with E-state index in [0.717, 1.165) is 10.9 Å². The molecule has 7 atom stereocenters. The van der Waals surface area contributed by atoms with Gasteiger partial charge in [0.25, 0.3) is 0 Å². The van der Waals surface area contributed by atoms with E-state index in [-0.39, 0.29) is 102 Å². The number of fused-ring (bicyclic) bond motifs is 1. The summed E-state index contributed by atoms with van der Waals surface area (Å²) in [5, 5.41) is 42.5. The van der Waals surface area contributed by atoms with Gasteiger partial charge in [0, 0.05) is 56.5 Å². The molecule has 0 aliphatic carbocycles. The number of hydrogen-bond donors (Lipinski definition) is 17. The summed E-state index contributed by atoms with van der Waals surface area (Å²) in [7, 11) is 0. The first kappa shape index (κ1) is 60.3. The fourth-order valence-corrected chi connectivity index (χ4v) is 8.48. The van der Waals surface area contributed by atoms with Crippen molar-refractivity contribution in [2.75, 3.05) is 26.2 Å². The molecular formula is C50H75N17O9. The van der Waals surface area contributed by atoms with Crippen LogP contribution in [0.2, 0.25) is 0 Å². The van der Waals surface area contributed by atoms with Crippen LogP contribution in [0.4, 0.5) is 0 Å². The molecule has 26 nitrogen and oxygen atoms in total. The zero-order valence-electron chi connectivity index (χ0n) is 42.8. The van der Waals surface area contributed by atoms with Gasteiger partial charge in [-0.3, -0.25) is 54.0 Å². The number of aromatic nitrogens is 1. The van der Waals surface area contributed by atoms with E-state index < -0.39 is 102 Å². The van der Waals surface area contributed by atoms with Crippen LogP contribution in [0, 0.1) is 10.8 Å². The highest BCUT2D eigenvalue weighted by Gasteiger charge is 2.35. The van der Waals surface area contributed by atoms with Crippen LogP contribution in [-0.2, 0) is 56.0 Å². The number of benzene rings is 2. The number of guanidine groups is 2. The Morgan fingerprint density at radius 1 is 0.684 bits per heavy atom. The smallest absolute Gasteiger partial charge is 0.243 e. The van der Waals surface area contributed by atoms with Gasteiger partial charge in [-0.25, -0.2) is 0 Å². The van der Waals surface area contributed by atoms with E-state index in [0.29, 0.717) is 24.0 Å². The molecule has 9 amide bonds. The molecule has 0 spiro atoms. The summed E-state index contributed by atoms with van der Waals surface area (Å²) < 4.78 is 0. The Hall–Kier alpha value is -8.29. The summed E-state index contributed by atoms with van der Waals surface area (Å²) in [5.74, 6) is -7.72. The number of H-pyrrole nitrogens is 1. The number of carbonyl (C=O) groups excluding carboxylic acids is 9. The lowest BCUT2D eigenvalue weighted by Crippen LogP contribution is -2.60. The predicted molar refractivity (Wildman–Crippen MR) is 283 cm³/mol. The highest BCUT2D eigenvalue weighted by Crippen LogP contribution is 2.20. The van der Waals surface area contributed by atoms with Gasteiger partial charge < -0.3 is 81.1 Å². The van der Waals surface area contributed by atoms with Crippen LogP contribution in [0.5, 0.6) is 0 Å². The molecule has 21 N–H and O–H groups in total. The molecule has 2 heterocycles. The van der Waals surface area contributed by atoms with Gasteiger partial charge >= 0.3 is 0 Å². The number of primary amides is 1. The molecule has 0 saturated carbocycles. The average Bonchev–Trinajstić information content (AvgIpc) is 3.78.